The van der Waals surface area contributed by atoms with Crippen LogP contribution >= 0.6 is 12.6 Å². The number of aromatic nitrogens is 3. The van der Waals surface area contributed by atoms with Gasteiger partial charge in [0.05, 0.1) is 5.69 Å². The van der Waals surface area contributed by atoms with Crippen LogP contribution in [0.2, 0.25) is 0 Å². The van der Waals surface area contributed by atoms with E-state index in [-0.39, 0.29) is 11.8 Å². The molecule has 5 nitrogen and oxygen atoms in total. The smallest absolute Gasteiger partial charge is 0.249 e. The van der Waals surface area contributed by atoms with Crippen molar-refractivity contribution in [2.24, 2.45) is 5.92 Å². The van der Waals surface area contributed by atoms with Gasteiger partial charge in [-0.2, -0.15) is 4.98 Å². The zero-order chi connectivity index (χ0) is 15.1. The number of carbonyl (C=O) groups excluding carboxylic acids is 1. The highest BCUT2D eigenvalue weighted by Gasteiger charge is 2.30. The molecule has 0 spiro atoms. The molecule has 1 saturated carbocycles. The van der Waals surface area contributed by atoms with Gasteiger partial charge in [0, 0.05) is 16.4 Å². The summed E-state index contributed by atoms with van der Waals surface area (Å²) in [5, 5.41) is 7.20. The molecule has 1 amide bonds. The Labute approximate surface area is 132 Å². The van der Waals surface area contributed by atoms with Gasteiger partial charge in [0.25, 0.3) is 0 Å². The predicted octanol–water partition coefficient (Wildman–Crippen LogP) is 3.03. The molecule has 1 aliphatic rings. The maximum Gasteiger partial charge on any atom is 0.249 e. The Morgan fingerprint density at radius 3 is 2.68 bits per heavy atom. The number of nitrogens with zero attached hydrogens (tertiary/aromatic N) is 3. The lowest BCUT2D eigenvalue weighted by atomic mass is 10.1. The molecule has 4 rings (SSSR count). The molecule has 0 atom stereocenters. The number of hydrogen-bond acceptors (Lipinski definition) is 4. The Morgan fingerprint density at radius 1 is 1.18 bits per heavy atom. The van der Waals surface area contributed by atoms with E-state index in [9.17, 15) is 4.79 Å². The van der Waals surface area contributed by atoms with E-state index in [0.717, 1.165) is 29.0 Å². The van der Waals surface area contributed by atoms with Crippen molar-refractivity contribution in [2.45, 2.75) is 17.7 Å². The zero-order valence-electron chi connectivity index (χ0n) is 11.7. The summed E-state index contributed by atoms with van der Waals surface area (Å²) in [6.45, 7) is 0. The summed E-state index contributed by atoms with van der Waals surface area (Å²) in [6.07, 6.45) is 1.92. The number of anilines is 1. The number of nitrogens with one attached hydrogen (secondary N) is 1. The summed E-state index contributed by atoms with van der Waals surface area (Å²) in [6, 6.07) is 13.6. The van der Waals surface area contributed by atoms with E-state index in [1.807, 2.05) is 42.5 Å². The normalized spacial score (nSPS) is 14.2. The number of carbonyl (C=O) groups is 1. The van der Waals surface area contributed by atoms with Gasteiger partial charge in [-0.05, 0) is 37.1 Å². The molecule has 2 aromatic heterocycles. The molecular weight excluding hydrogens is 296 g/mol. The molecule has 1 N–H and O–H groups in total. The molecule has 1 fully saturated rings. The van der Waals surface area contributed by atoms with Crippen molar-refractivity contribution in [2.75, 3.05) is 5.32 Å². The SMILES string of the molecule is O=C(Nc1nc2cccc(-c3ccc(S)cc3)n2n1)C1CC1. The van der Waals surface area contributed by atoms with Crippen molar-refractivity contribution in [3.63, 3.8) is 0 Å². The number of fused-ring (bicyclic) bond motifs is 1. The third kappa shape index (κ3) is 2.46. The van der Waals surface area contributed by atoms with Crippen molar-refractivity contribution in [3.8, 4) is 11.3 Å². The van der Waals surface area contributed by atoms with Gasteiger partial charge in [0.1, 0.15) is 0 Å². The average molecular weight is 310 g/mol. The molecule has 0 bridgehead atoms. The molecule has 22 heavy (non-hydrogen) atoms. The lowest BCUT2D eigenvalue weighted by Gasteiger charge is -2.04. The van der Waals surface area contributed by atoms with Crippen molar-refractivity contribution in [1.82, 2.24) is 14.6 Å². The number of pyridine rings is 1. The van der Waals surface area contributed by atoms with Crippen LogP contribution in [0.5, 0.6) is 0 Å². The minimum Gasteiger partial charge on any atom is -0.293 e. The topological polar surface area (TPSA) is 59.3 Å². The number of rotatable bonds is 3. The molecule has 0 unspecified atom stereocenters. The molecule has 0 aliphatic heterocycles. The molecule has 1 aliphatic carbocycles. The van der Waals surface area contributed by atoms with Crippen molar-refractivity contribution in [1.29, 1.82) is 0 Å². The van der Waals surface area contributed by atoms with Crippen LogP contribution in [0.25, 0.3) is 16.9 Å². The van der Waals surface area contributed by atoms with Gasteiger partial charge in [0.15, 0.2) is 5.65 Å². The van der Waals surface area contributed by atoms with E-state index in [2.05, 4.69) is 28.0 Å². The van der Waals surface area contributed by atoms with Gasteiger partial charge in [-0.1, -0.05) is 18.2 Å². The first-order valence-electron chi connectivity index (χ1n) is 7.17. The first-order valence-corrected chi connectivity index (χ1v) is 7.61. The van der Waals surface area contributed by atoms with Crippen LogP contribution in [0.3, 0.4) is 0 Å². The van der Waals surface area contributed by atoms with Crippen LogP contribution in [0.15, 0.2) is 47.4 Å². The highest BCUT2D eigenvalue weighted by atomic mass is 32.1. The second-order valence-corrected chi connectivity index (χ2v) is 5.94. The first kappa shape index (κ1) is 13.3. The summed E-state index contributed by atoms with van der Waals surface area (Å²) in [5.41, 5.74) is 2.65. The second kappa shape index (κ2) is 5.14. The standard InChI is InChI=1S/C16H14N4OS/c21-15(11-4-5-11)18-16-17-14-3-1-2-13(20(14)19-16)10-6-8-12(22)9-7-10/h1-3,6-9,11,22H,4-5H2,(H,18,19,21). The van der Waals surface area contributed by atoms with E-state index >= 15 is 0 Å². The summed E-state index contributed by atoms with van der Waals surface area (Å²) < 4.78 is 1.75. The lowest BCUT2D eigenvalue weighted by Crippen LogP contribution is -2.14. The van der Waals surface area contributed by atoms with Gasteiger partial charge in [-0.3, -0.25) is 10.1 Å². The lowest BCUT2D eigenvalue weighted by molar-refractivity contribution is -0.117. The highest BCUT2D eigenvalue weighted by molar-refractivity contribution is 7.80. The van der Waals surface area contributed by atoms with Crippen molar-refractivity contribution < 1.29 is 4.79 Å². The Bertz CT molecular complexity index is 852. The fourth-order valence-electron chi connectivity index (χ4n) is 2.37. The minimum atomic E-state index is 0.0110. The molecule has 0 radical (unpaired) electrons. The van der Waals surface area contributed by atoms with Crippen LogP contribution in [-0.2, 0) is 4.79 Å². The fraction of sp³-hybridized carbons (Fsp3) is 0.188. The Balaban J connectivity index is 1.74. The summed E-state index contributed by atoms with van der Waals surface area (Å²) >= 11 is 4.30. The van der Waals surface area contributed by atoms with E-state index < -0.39 is 0 Å². The summed E-state index contributed by atoms with van der Waals surface area (Å²) in [4.78, 5) is 17.1. The number of thiol groups is 1. The third-order valence-corrected chi connectivity index (χ3v) is 4.00. The maximum atomic E-state index is 11.8. The molecule has 1 aromatic carbocycles. The van der Waals surface area contributed by atoms with Crippen LogP contribution < -0.4 is 5.32 Å². The van der Waals surface area contributed by atoms with Crippen LogP contribution in [0.1, 0.15) is 12.8 Å². The van der Waals surface area contributed by atoms with E-state index in [1.54, 1.807) is 4.52 Å². The zero-order valence-corrected chi connectivity index (χ0v) is 12.6. The summed E-state index contributed by atoms with van der Waals surface area (Å²) in [7, 11) is 0. The van der Waals surface area contributed by atoms with Crippen LogP contribution in [0.4, 0.5) is 5.95 Å². The quantitative estimate of drug-likeness (QED) is 0.731. The van der Waals surface area contributed by atoms with Gasteiger partial charge >= 0.3 is 0 Å². The molecule has 6 heteroatoms. The van der Waals surface area contributed by atoms with Gasteiger partial charge in [-0.25, -0.2) is 4.52 Å². The molecular formula is C16H14N4OS. The largest absolute Gasteiger partial charge is 0.293 e. The Morgan fingerprint density at radius 2 is 1.95 bits per heavy atom. The maximum absolute atomic E-state index is 11.8. The Hall–Kier alpha value is -2.34. The van der Waals surface area contributed by atoms with Gasteiger partial charge in [-0.15, -0.1) is 17.7 Å². The number of benzene rings is 1. The molecule has 2 heterocycles. The summed E-state index contributed by atoms with van der Waals surface area (Å²) in [5.74, 6) is 0.501. The van der Waals surface area contributed by atoms with Crippen molar-refractivity contribution >= 4 is 30.1 Å². The van der Waals surface area contributed by atoms with E-state index in [1.165, 1.54) is 0 Å². The average Bonchev–Trinajstić information content (AvgIpc) is 3.28. The third-order valence-electron chi connectivity index (χ3n) is 3.71. The van der Waals surface area contributed by atoms with E-state index in [4.69, 9.17) is 0 Å². The first-order chi connectivity index (χ1) is 10.7. The predicted molar refractivity (Wildman–Crippen MR) is 87.0 cm³/mol. The van der Waals surface area contributed by atoms with E-state index in [0.29, 0.717) is 11.6 Å². The fourth-order valence-corrected chi connectivity index (χ4v) is 2.52. The van der Waals surface area contributed by atoms with Crippen LogP contribution in [-0.4, -0.2) is 20.5 Å². The van der Waals surface area contributed by atoms with Crippen molar-refractivity contribution in [3.05, 3.63) is 42.5 Å². The molecule has 0 saturated heterocycles. The van der Waals surface area contributed by atoms with Gasteiger partial charge in [0.2, 0.25) is 11.9 Å². The molecule has 3 aromatic rings. The highest BCUT2D eigenvalue weighted by Crippen LogP contribution is 2.30. The minimum absolute atomic E-state index is 0.0110. The number of hydrogen-bond donors (Lipinski definition) is 2. The Kier molecular flexibility index (Phi) is 3.11. The molecule has 110 valence electrons. The van der Waals surface area contributed by atoms with Gasteiger partial charge < -0.3 is 0 Å². The van der Waals surface area contributed by atoms with Crippen LogP contribution in [0, 0.1) is 5.92 Å². The number of amides is 1. The second-order valence-electron chi connectivity index (χ2n) is 5.43. The monoisotopic (exact) mass is 310 g/mol.